The predicted molar refractivity (Wildman–Crippen MR) is 141 cm³/mol. The molecule has 4 heteroatoms. The summed E-state index contributed by atoms with van der Waals surface area (Å²) < 4.78 is 12.1. The molecule has 0 saturated carbocycles. The first-order valence-corrected chi connectivity index (χ1v) is 13.2. The van der Waals surface area contributed by atoms with Crippen molar-refractivity contribution in [3.63, 3.8) is 0 Å². The fraction of sp³-hybridized carbons (Fsp3) is 0.567. The summed E-state index contributed by atoms with van der Waals surface area (Å²) in [5.41, 5.74) is 2.54. The van der Waals surface area contributed by atoms with Crippen molar-refractivity contribution in [1.82, 2.24) is 0 Å². The van der Waals surface area contributed by atoms with Crippen LogP contribution in [0.25, 0.3) is 0 Å². The van der Waals surface area contributed by atoms with Crippen molar-refractivity contribution in [3.05, 3.63) is 65.7 Å². The van der Waals surface area contributed by atoms with Crippen LogP contribution in [0.3, 0.4) is 0 Å². The molecule has 0 aliphatic heterocycles. The minimum Gasteiger partial charge on any atom is -0.455 e. The second-order valence-electron chi connectivity index (χ2n) is 9.98. The third kappa shape index (κ3) is 9.89. The molecule has 4 nitrogen and oxygen atoms in total. The maximum atomic E-state index is 13.0. The van der Waals surface area contributed by atoms with Crippen LogP contribution in [-0.2, 0) is 22.5 Å². The summed E-state index contributed by atoms with van der Waals surface area (Å²) >= 11 is 0. The third-order valence-electron chi connectivity index (χ3n) is 6.51. The summed E-state index contributed by atoms with van der Waals surface area (Å²) in [6.45, 7) is 6.85. The second kappa shape index (κ2) is 14.8. The maximum Gasteiger partial charge on any atom is 0.368 e. The van der Waals surface area contributed by atoms with Crippen molar-refractivity contribution < 1.29 is 18.8 Å². The van der Waals surface area contributed by atoms with Crippen molar-refractivity contribution in [3.8, 4) is 5.75 Å². The Bertz CT molecular complexity index is 817. The SMILES string of the molecule is CCCCCCCCCc1ccc(OC(C)OC(=O)C(CC)[N+](C)(C)Cc2ccccc2)cc1. The molecule has 2 unspecified atom stereocenters. The van der Waals surface area contributed by atoms with Crippen molar-refractivity contribution in [2.24, 2.45) is 0 Å². The normalized spacial score (nSPS) is 13.3. The summed E-state index contributed by atoms with van der Waals surface area (Å²) in [4.78, 5) is 13.0. The van der Waals surface area contributed by atoms with Gasteiger partial charge in [0.15, 0.2) is 6.04 Å². The van der Waals surface area contributed by atoms with Gasteiger partial charge in [0.1, 0.15) is 12.3 Å². The molecule has 2 aromatic rings. The zero-order chi connectivity index (χ0) is 24.8. The molecular formula is C30H46NO3+. The van der Waals surface area contributed by atoms with E-state index in [0.717, 1.165) is 18.7 Å². The van der Waals surface area contributed by atoms with E-state index in [1.165, 1.54) is 56.1 Å². The van der Waals surface area contributed by atoms with Gasteiger partial charge in [-0.2, -0.15) is 0 Å². The van der Waals surface area contributed by atoms with Crippen LogP contribution in [0.4, 0.5) is 0 Å². The number of benzene rings is 2. The lowest BCUT2D eigenvalue weighted by atomic mass is 10.0. The van der Waals surface area contributed by atoms with E-state index in [1.54, 1.807) is 6.92 Å². The number of quaternary nitrogens is 1. The molecule has 2 atom stereocenters. The maximum absolute atomic E-state index is 13.0. The standard InChI is InChI=1S/C30H46NO3/c1-6-8-9-10-11-12-14-17-26-20-22-28(23-21-26)33-25(3)34-30(32)29(7-2)31(4,5)24-27-18-15-13-16-19-27/h13,15-16,18-23,25,29H,6-12,14,17,24H2,1-5H3/q+1. The van der Waals surface area contributed by atoms with Crippen LogP contribution in [0, 0.1) is 0 Å². The second-order valence-corrected chi connectivity index (χ2v) is 9.98. The Morgan fingerprint density at radius 2 is 1.44 bits per heavy atom. The molecule has 188 valence electrons. The van der Waals surface area contributed by atoms with E-state index in [1.807, 2.05) is 37.3 Å². The van der Waals surface area contributed by atoms with Crippen molar-refractivity contribution in [1.29, 1.82) is 0 Å². The van der Waals surface area contributed by atoms with Gasteiger partial charge in [-0.1, -0.05) is 94.8 Å². The average molecular weight is 469 g/mol. The fourth-order valence-electron chi connectivity index (χ4n) is 4.59. The summed E-state index contributed by atoms with van der Waals surface area (Å²) in [7, 11) is 4.16. The highest BCUT2D eigenvalue weighted by Crippen LogP contribution is 2.20. The number of carbonyl (C=O) groups excluding carboxylic acids is 1. The van der Waals surface area contributed by atoms with Gasteiger partial charge in [0.25, 0.3) is 0 Å². The Labute approximate surface area is 207 Å². The Morgan fingerprint density at radius 1 is 0.824 bits per heavy atom. The molecule has 0 bridgehead atoms. The van der Waals surface area contributed by atoms with E-state index >= 15 is 0 Å². The minimum atomic E-state index is -0.632. The van der Waals surface area contributed by atoms with Crippen LogP contribution in [0.5, 0.6) is 5.75 Å². The third-order valence-corrected chi connectivity index (χ3v) is 6.51. The van der Waals surface area contributed by atoms with Gasteiger partial charge in [0, 0.05) is 18.9 Å². The number of esters is 1. The van der Waals surface area contributed by atoms with Gasteiger partial charge >= 0.3 is 5.97 Å². The van der Waals surface area contributed by atoms with Gasteiger partial charge in [-0.25, -0.2) is 4.79 Å². The van der Waals surface area contributed by atoms with E-state index in [4.69, 9.17) is 9.47 Å². The molecule has 0 saturated heterocycles. The van der Waals surface area contributed by atoms with E-state index in [2.05, 4.69) is 45.3 Å². The zero-order valence-corrected chi connectivity index (χ0v) is 22.1. The van der Waals surface area contributed by atoms with Crippen LogP contribution < -0.4 is 4.74 Å². The Balaban J connectivity index is 1.79. The van der Waals surface area contributed by atoms with E-state index in [0.29, 0.717) is 10.9 Å². The number of carbonyl (C=O) groups is 1. The van der Waals surface area contributed by atoms with E-state index < -0.39 is 6.29 Å². The number of ether oxygens (including phenoxy) is 2. The van der Waals surface area contributed by atoms with Gasteiger partial charge in [-0.05, 0) is 30.5 Å². The molecule has 0 aliphatic rings. The van der Waals surface area contributed by atoms with Gasteiger partial charge in [0.05, 0.1) is 14.1 Å². The summed E-state index contributed by atoms with van der Waals surface area (Å²) in [6, 6.07) is 18.2. The molecule has 0 N–H and O–H groups in total. The monoisotopic (exact) mass is 468 g/mol. The molecule has 0 aromatic heterocycles. The van der Waals surface area contributed by atoms with Crippen LogP contribution >= 0.6 is 0 Å². The molecular weight excluding hydrogens is 422 g/mol. The number of hydrogen-bond acceptors (Lipinski definition) is 3. The van der Waals surface area contributed by atoms with Gasteiger partial charge < -0.3 is 14.0 Å². The molecule has 0 spiro atoms. The number of hydrogen-bond donors (Lipinski definition) is 0. The van der Waals surface area contributed by atoms with Crippen LogP contribution in [0.15, 0.2) is 54.6 Å². The largest absolute Gasteiger partial charge is 0.455 e. The first-order valence-electron chi connectivity index (χ1n) is 13.2. The zero-order valence-electron chi connectivity index (χ0n) is 22.1. The molecule has 0 fully saturated rings. The quantitative estimate of drug-likeness (QED) is 0.112. The van der Waals surface area contributed by atoms with Crippen molar-refractivity contribution in [2.75, 3.05) is 14.1 Å². The fourth-order valence-corrected chi connectivity index (χ4v) is 4.59. The molecule has 2 aromatic carbocycles. The number of nitrogens with zero attached hydrogens (tertiary/aromatic N) is 1. The number of unbranched alkanes of at least 4 members (excludes halogenated alkanes) is 6. The number of aryl methyl sites for hydroxylation is 1. The minimum absolute atomic E-state index is 0.216. The lowest BCUT2D eigenvalue weighted by Crippen LogP contribution is -2.53. The Morgan fingerprint density at radius 3 is 2.06 bits per heavy atom. The summed E-state index contributed by atoms with van der Waals surface area (Å²) in [5, 5.41) is 0. The van der Waals surface area contributed by atoms with Crippen LogP contribution in [-0.4, -0.2) is 36.9 Å². The first-order chi connectivity index (χ1) is 16.4. The first kappa shape index (κ1) is 27.9. The molecule has 0 heterocycles. The lowest BCUT2D eigenvalue weighted by Gasteiger charge is -2.36. The Hall–Kier alpha value is -2.33. The Kier molecular flexibility index (Phi) is 12.2. The molecule has 0 aliphatic carbocycles. The van der Waals surface area contributed by atoms with E-state index in [9.17, 15) is 4.79 Å². The number of rotatable bonds is 16. The topological polar surface area (TPSA) is 35.5 Å². The summed E-state index contributed by atoms with van der Waals surface area (Å²) in [6.07, 6.45) is 10.4. The van der Waals surface area contributed by atoms with Crippen molar-refractivity contribution >= 4 is 5.97 Å². The summed E-state index contributed by atoms with van der Waals surface area (Å²) in [5.74, 6) is 0.515. The van der Waals surface area contributed by atoms with Gasteiger partial charge in [-0.3, -0.25) is 0 Å². The molecule has 2 rings (SSSR count). The van der Waals surface area contributed by atoms with Gasteiger partial charge in [0.2, 0.25) is 6.29 Å². The highest BCUT2D eigenvalue weighted by atomic mass is 16.7. The molecule has 34 heavy (non-hydrogen) atoms. The smallest absolute Gasteiger partial charge is 0.368 e. The highest BCUT2D eigenvalue weighted by Gasteiger charge is 2.36. The van der Waals surface area contributed by atoms with Crippen LogP contribution in [0.1, 0.15) is 83.3 Å². The average Bonchev–Trinajstić information content (AvgIpc) is 2.80. The van der Waals surface area contributed by atoms with Crippen molar-refractivity contribution in [2.45, 2.75) is 97.4 Å². The molecule has 0 amide bonds. The molecule has 0 radical (unpaired) electrons. The highest BCUT2D eigenvalue weighted by molar-refractivity contribution is 5.74. The number of likely N-dealkylation sites (N-methyl/N-ethyl adjacent to an activating group) is 1. The van der Waals surface area contributed by atoms with E-state index in [-0.39, 0.29) is 12.0 Å². The van der Waals surface area contributed by atoms with Crippen LogP contribution in [0.2, 0.25) is 0 Å². The predicted octanol–water partition coefficient (Wildman–Crippen LogP) is 7.30. The lowest BCUT2D eigenvalue weighted by molar-refractivity contribution is -0.919. The van der Waals surface area contributed by atoms with Gasteiger partial charge in [-0.15, -0.1) is 0 Å².